The van der Waals surface area contributed by atoms with E-state index in [1.807, 2.05) is 0 Å². The summed E-state index contributed by atoms with van der Waals surface area (Å²) in [6.07, 6.45) is 1.68. The smallest absolute Gasteiger partial charge is 0.548 e. The van der Waals surface area contributed by atoms with Crippen molar-refractivity contribution in [3.8, 4) is 0 Å². The maximum absolute atomic E-state index is 10.0. The molecule has 1 saturated heterocycles. The second-order valence-corrected chi connectivity index (χ2v) is 1.97. The molecule has 3 nitrogen and oxygen atoms in total. The summed E-state index contributed by atoms with van der Waals surface area (Å²) >= 11 is 0. The number of hydrogen-bond acceptors (Lipinski definition) is 3. The molecule has 4 heteroatoms. The van der Waals surface area contributed by atoms with Crippen LogP contribution in [0.3, 0.4) is 0 Å². The van der Waals surface area contributed by atoms with Gasteiger partial charge in [-0.05, 0) is 19.4 Å². The van der Waals surface area contributed by atoms with Crippen molar-refractivity contribution in [1.29, 1.82) is 0 Å². The summed E-state index contributed by atoms with van der Waals surface area (Å²) in [5.74, 6) is -0.970. The van der Waals surface area contributed by atoms with Crippen molar-refractivity contribution in [2.24, 2.45) is 0 Å². The van der Waals surface area contributed by atoms with Gasteiger partial charge in [-0.25, -0.2) is 0 Å². The Morgan fingerprint density at radius 1 is 1.67 bits per heavy atom. The van der Waals surface area contributed by atoms with Crippen LogP contribution in [0.25, 0.3) is 0 Å². The third-order valence-corrected chi connectivity index (χ3v) is 1.34. The Morgan fingerprint density at radius 3 is 2.56 bits per heavy atom. The Morgan fingerprint density at radius 2 is 2.33 bits per heavy atom. The fourth-order valence-electron chi connectivity index (χ4n) is 0.886. The van der Waals surface area contributed by atoms with E-state index >= 15 is 0 Å². The van der Waals surface area contributed by atoms with E-state index in [-0.39, 0.29) is 57.4 Å². The molecule has 0 aromatic rings. The zero-order chi connectivity index (χ0) is 5.98. The molecule has 46 valence electrons. The van der Waals surface area contributed by atoms with Crippen molar-refractivity contribution in [1.82, 2.24) is 5.32 Å². The molecule has 0 saturated carbocycles. The number of carboxylic acid groups (broad SMARTS) is 1. The van der Waals surface area contributed by atoms with E-state index in [4.69, 9.17) is 0 Å². The molecule has 1 fully saturated rings. The Balaban J connectivity index is 0.000000640. The number of carboxylic acids is 1. The first-order valence-electron chi connectivity index (χ1n) is 2.75. The molecular weight excluding hydrogens is 145 g/mol. The van der Waals surface area contributed by atoms with Crippen LogP contribution in [0.15, 0.2) is 0 Å². The maximum atomic E-state index is 10.0. The fourth-order valence-corrected chi connectivity index (χ4v) is 0.886. The fraction of sp³-hybridized carbons (Fsp3) is 0.800. The standard InChI is InChI=1S/C5H9NO2.K/c7-5(8)4-2-1-3-6-4;/h4,6H,1-3H2,(H,7,8);/q;+1/p-1. The van der Waals surface area contributed by atoms with Crippen LogP contribution in [0.1, 0.15) is 12.8 Å². The normalized spacial score (nSPS) is 25.1. The van der Waals surface area contributed by atoms with Gasteiger partial charge in [-0.15, -0.1) is 0 Å². The summed E-state index contributed by atoms with van der Waals surface area (Å²) in [5, 5.41) is 12.8. The topological polar surface area (TPSA) is 52.2 Å². The Kier molecular flexibility index (Phi) is 5.39. The van der Waals surface area contributed by atoms with Gasteiger partial charge in [0, 0.05) is 6.04 Å². The molecule has 1 aliphatic rings. The van der Waals surface area contributed by atoms with Crippen LogP contribution in [0.2, 0.25) is 0 Å². The summed E-state index contributed by atoms with van der Waals surface area (Å²) in [4.78, 5) is 10.0. The number of aliphatic carboxylic acids is 1. The van der Waals surface area contributed by atoms with Crippen LogP contribution < -0.4 is 61.8 Å². The van der Waals surface area contributed by atoms with Crippen LogP contribution in [0.5, 0.6) is 0 Å². The second kappa shape index (κ2) is 4.82. The second-order valence-electron chi connectivity index (χ2n) is 1.97. The molecule has 1 atom stereocenters. The van der Waals surface area contributed by atoms with Gasteiger partial charge in [0.05, 0.1) is 5.97 Å². The van der Waals surface area contributed by atoms with E-state index in [0.717, 1.165) is 19.4 Å². The van der Waals surface area contributed by atoms with Crippen LogP contribution in [-0.2, 0) is 4.79 Å². The third-order valence-electron chi connectivity index (χ3n) is 1.34. The summed E-state index contributed by atoms with van der Waals surface area (Å²) in [6, 6.07) is -0.380. The monoisotopic (exact) mass is 153 g/mol. The molecule has 1 aliphatic heterocycles. The molecule has 0 bridgehead atoms. The Bertz CT molecular complexity index is 101. The minimum atomic E-state index is -0.970. The molecule has 0 spiro atoms. The molecule has 0 aromatic carbocycles. The number of hydrogen-bond donors (Lipinski definition) is 1. The van der Waals surface area contributed by atoms with Crippen LogP contribution in [0.4, 0.5) is 0 Å². The van der Waals surface area contributed by atoms with E-state index in [1.54, 1.807) is 0 Å². The van der Waals surface area contributed by atoms with Crippen molar-refractivity contribution in [2.45, 2.75) is 18.9 Å². The van der Waals surface area contributed by atoms with Gasteiger partial charge >= 0.3 is 51.4 Å². The Hall–Kier alpha value is 1.07. The van der Waals surface area contributed by atoms with Gasteiger partial charge in [0.1, 0.15) is 0 Å². The molecule has 0 aromatic heterocycles. The van der Waals surface area contributed by atoms with Crippen LogP contribution in [-0.4, -0.2) is 18.6 Å². The van der Waals surface area contributed by atoms with E-state index in [0.29, 0.717) is 0 Å². The van der Waals surface area contributed by atoms with Gasteiger partial charge in [-0.1, -0.05) is 0 Å². The number of carbonyl (C=O) groups excluding carboxylic acids is 1. The predicted molar refractivity (Wildman–Crippen MR) is 26.0 cm³/mol. The molecular formula is C5H8KNO2. The number of carbonyl (C=O) groups is 1. The maximum Gasteiger partial charge on any atom is 1.00 e. The van der Waals surface area contributed by atoms with Gasteiger partial charge < -0.3 is 15.2 Å². The van der Waals surface area contributed by atoms with E-state index in [2.05, 4.69) is 5.32 Å². The summed E-state index contributed by atoms with van der Waals surface area (Å²) < 4.78 is 0. The zero-order valence-electron chi connectivity index (χ0n) is 5.52. The molecule has 0 amide bonds. The van der Waals surface area contributed by atoms with Gasteiger partial charge in [-0.2, -0.15) is 0 Å². The van der Waals surface area contributed by atoms with Gasteiger partial charge in [0.25, 0.3) is 0 Å². The van der Waals surface area contributed by atoms with Crippen LogP contribution >= 0.6 is 0 Å². The van der Waals surface area contributed by atoms with Crippen molar-refractivity contribution >= 4 is 5.97 Å². The molecule has 1 unspecified atom stereocenters. The number of rotatable bonds is 1. The molecule has 0 aliphatic carbocycles. The first-order valence-corrected chi connectivity index (χ1v) is 2.75. The zero-order valence-corrected chi connectivity index (χ0v) is 8.64. The molecule has 1 rings (SSSR count). The van der Waals surface area contributed by atoms with Gasteiger partial charge in [0.2, 0.25) is 0 Å². The quantitative estimate of drug-likeness (QED) is 0.386. The molecule has 0 radical (unpaired) electrons. The average Bonchev–Trinajstić information content (AvgIpc) is 2.12. The SMILES string of the molecule is O=C([O-])C1CCCN1.[K+]. The first-order chi connectivity index (χ1) is 3.80. The van der Waals surface area contributed by atoms with Crippen molar-refractivity contribution < 1.29 is 61.3 Å². The van der Waals surface area contributed by atoms with Crippen molar-refractivity contribution in [3.05, 3.63) is 0 Å². The van der Waals surface area contributed by atoms with E-state index < -0.39 is 5.97 Å². The minimum absolute atomic E-state index is 0. The van der Waals surface area contributed by atoms with Crippen LogP contribution in [0, 0.1) is 0 Å². The summed E-state index contributed by atoms with van der Waals surface area (Å²) in [6.45, 7) is 0.818. The average molecular weight is 153 g/mol. The molecule has 1 heterocycles. The van der Waals surface area contributed by atoms with E-state index in [1.165, 1.54) is 0 Å². The van der Waals surface area contributed by atoms with E-state index in [9.17, 15) is 9.90 Å². The number of nitrogens with one attached hydrogen (secondary N) is 1. The van der Waals surface area contributed by atoms with Gasteiger partial charge in [0.15, 0.2) is 0 Å². The predicted octanol–water partition coefficient (Wildman–Crippen LogP) is -4.51. The van der Waals surface area contributed by atoms with Crippen molar-refractivity contribution in [3.63, 3.8) is 0 Å². The molecule has 9 heavy (non-hydrogen) atoms. The third kappa shape index (κ3) is 3.11. The first kappa shape index (κ1) is 10.1. The minimum Gasteiger partial charge on any atom is -0.548 e. The van der Waals surface area contributed by atoms with Gasteiger partial charge in [-0.3, -0.25) is 0 Å². The largest absolute Gasteiger partial charge is 1.00 e. The Labute approximate surface area is 96.6 Å². The van der Waals surface area contributed by atoms with Crippen molar-refractivity contribution in [2.75, 3.05) is 6.54 Å². The molecule has 1 N–H and O–H groups in total. The summed E-state index contributed by atoms with van der Waals surface area (Å²) in [7, 11) is 0. The summed E-state index contributed by atoms with van der Waals surface area (Å²) in [5.41, 5.74) is 0.